The summed E-state index contributed by atoms with van der Waals surface area (Å²) in [5.41, 5.74) is 4.64. The van der Waals surface area contributed by atoms with Gasteiger partial charge in [0, 0.05) is 6.20 Å². The summed E-state index contributed by atoms with van der Waals surface area (Å²) in [5, 5.41) is 0. The van der Waals surface area contributed by atoms with Crippen LogP contribution in [-0.2, 0) is 6.61 Å². The summed E-state index contributed by atoms with van der Waals surface area (Å²) in [6.45, 7) is 8.55. The van der Waals surface area contributed by atoms with Crippen molar-refractivity contribution in [3.63, 3.8) is 0 Å². The van der Waals surface area contributed by atoms with Gasteiger partial charge in [0.15, 0.2) is 0 Å². The van der Waals surface area contributed by atoms with E-state index < -0.39 is 0 Å². The molecule has 1 aromatic carbocycles. The lowest BCUT2D eigenvalue weighted by Crippen LogP contribution is -2.08. The zero-order valence-electron chi connectivity index (χ0n) is 11.3. The molecule has 3 heteroatoms. The molecule has 0 saturated carbocycles. The zero-order valence-corrected chi connectivity index (χ0v) is 11.3. The lowest BCUT2D eigenvalue weighted by atomic mass is 9.98. The van der Waals surface area contributed by atoms with E-state index in [9.17, 15) is 0 Å². The highest BCUT2D eigenvalue weighted by Crippen LogP contribution is 2.35. The molecule has 3 rings (SSSR count). The predicted molar refractivity (Wildman–Crippen MR) is 72.6 cm³/mol. The quantitative estimate of drug-likeness (QED) is 0.707. The minimum absolute atomic E-state index is 0.598. The summed E-state index contributed by atoms with van der Waals surface area (Å²) in [4.78, 5) is 8.52. The Hall–Kier alpha value is -1.90. The number of hydrogen-bond donors (Lipinski definition) is 0. The lowest BCUT2D eigenvalue weighted by Gasteiger charge is -2.19. The van der Waals surface area contributed by atoms with Gasteiger partial charge < -0.3 is 4.74 Å². The maximum Gasteiger partial charge on any atom is 0.225 e. The second-order valence-electron chi connectivity index (χ2n) is 4.09. The first-order valence-electron chi connectivity index (χ1n) is 6.30. The van der Waals surface area contributed by atoms with Crippen molar-refractivity contribution in [1.29, 1.82) is 0 Å². The molecule has 0 amide bonds. The minimum Gasteiger partial charge on any atom is -0.472 e. The van der Waals surface area contributed by atoms with Crippen LogP contribution in [-0.4, -0.2) is 9.97 Å². The molecule has 0 aliphatic carbocycles. The van der Waals surface area contributed by atoms with Gasteiger partial charge in [-0.15, -0.1) is 0 Å². The van der Waals surface area contributed by atoms with Gasteiger partial charge in [0.2, 0.25) is 5.88 Å². The summed E-state index contributed by atoms with van der Waals surface area (Å²) in [6, 6.07) is 6.37. The molecule has 0 spiro atoms. The summed E-state index contributed by atoms with van der Waals surface area (Å²) in [7, 11) is 0. The molecule has 1 aromatic heterocycles. The van der Waals surface area contributed by atoms with Crippen molar-refractivity contribution in [2.24, 2.45) is 0 Å². The molecular formula is C15H18N2O. The van der Waals surface area contributed by atoms with Crippen molar-refractivity contribution in [3.05, 3.63) is 41.3 Å². The van der Waals surface area contributed by atoms with E-state index in [4.69, 9.17) is 4.74 Å². The molecule has 2 heterocycles. The van der Waals surface area contributed by atoms with Crippen LogP contribution >= 0.6 is 0 Å². The Morgan fingerprint density at radius 1 is 1.11 bits per heavy atom. The van der Waals surface area contributed by atoms with Gasteiger partial charge in [-0.2, -0.15) is 4.98 Å². The fourth-order valence-electron chi connectivity index (χ4n) is 1.99. The molecule has 0 saturated heterocycles. The summed E-state index contributed by atoms with van der Waals surface area (Å²) in [6.07, 6.45) is 1.84. The SMILES string of the molecule is CC.Cc1ccc2c(c1)COc1nc(C)ncc1-2. The van der Waals surface area contributed by atoms with Gasteiger partial charge in [-0.25, -0.2) is 4.98 Å². The van der Waals surface area contributed by atoms with Crippen molar-refractivity contribution in [3.8, 4) is 17.0 Å². The molecule has 94 valence electrons. The van der Waals surface area contributed by atoms with E-state index in [1.165, 1.54) is 16.7 Å². The Morgan fingerprint density at radius 2 is 1.89 bits per heavy atom. The molecule has 2 aromatic rings. The second-order valence-corrected chi connectivity index (χ2v) is 4.09. The first-order chi connectivity index (χ1) is 8.74. The van der Waals surface area contributed by atoms with Gasteiger partial charge in [-0.3, -0.25) is 0 Å². The molecule has 0 N–H and O–H groups in total. The average molecular weight is 242 g/mol. The third-order valence-corrected chi connectivity index (χ3v) is 2.79. The van der Waals surface area contributed by atoms with Crippen LogP contribution in [0.4, 0.5) is 0 Å². The molecule has 0 bridgehead atoms. The molecule has 0 radical (unpaired) electrons. The number of hydrogen-bond acceptors (Lipinski definition) is 3. The Labute approximate surface area is 108 Å². The van der Waals surface area contributed by atoms with Crippen LogP contribution in [0.2, 0.25) is 0 Å². The van der Waals surface area contributed by atoms with Crippen LogP contribution in [0.25, 0.3) is 11.1 Å². The van der Waals surface area contributed by atoms with Gasteiger partial charge in [-0.05, 0) is 25.0 Å². The maximum absolute atomic E-state index is 5.63. The first-order valence-corrected chi connectivity index (χ1v) is 6.30. The fraction of sp³-hybridized carbons (Fsp3) is 0.333. The summed E-state index contributed by atoms with van der Waals surface area (Å²) < 4.78 is 5.63. The Balaban J connectivity index is 0.000000574. The predicted octanol–water partition coefficient (Wildman–Crippen LogP) is 3.68. The molecule has 1 aliphatic rings. The smallest absolute Gasteiger partial charge is 0.225 e. The van der Waals surface area contributed by atoms with Crippen molar-refractivity contribution in [1.82, 2.24) is 9.97 Å². The maximum atomic E-state index is 5.63. The summed E-state index contributed by atoms with van der Waals surface area (Å²) in [5.74, 6) is 1.44. The van der Waals surface area contributed by atoms with E-state index in [0.717, 1.165) is 11.4 Å². The van der Waals surface area contributed by atoms with Crippen LogP contribution in [0.3, 0.4) is 0 Å². The van der Waals surface area contributed by atoms with Crippen molar-refractivity contribution < 1.29 is 4.74 Å². The van der Waals surface area contributed by atoms with E-state index in [0.29, 0.717) is 12.5 Å². The fourth-order valence-corrected chi connectivity index (χ4v) is 1.99. The van der Waals surface area contributed by atoms with Crippen LogP contribution < -0.4 is 4.74 Å². The molecule has 1 aliphatic heterocycles. The minimum atomic E-state index is 0.598. The Bertz CT molecular complexity index is 513. The molecule has 18 heavy (non-hydrogen) atoms. The molecule has 0 fully saturated rings. The zero-order chi connectivity index (χ0) is 13.1. The first kappa shape index (κ1) is 12.6. The number of nitrogens with zero attached hydrogens (tertiary/aromatic N) is 2. The third kappa shape index (κ3) is 2.21. The van der Waals surface area contributed by atoms with Gasteiger partial charge in [0.1, 0.15) is 12.4 Å². The number of aromatic nitrogens is 2. The molecule has 0 unspecified atom stereocenters. The topological polar surface area (TPSA) is 35.0 Å². The number of fused-ring (bicyclic) bond motifs is 3. The number of benzene rings is 1. The van der Waals surface area contributed by atoms with E-state index in [2.05, 4.69) is 35.1 Å². The highest BCUT2D eigenvalue weighted by molar-refractivity contribution is 5.72. The second kappa shape index (κ2) is 5.17. The van der Waals surface area contributed by atoms with E-state index in [1.807, 2.05) is 27.0 Å². The molecule has 3 nitrogen and oxygen atoms in total. The highest BCUT2D eigenvalue weighted by atomic mass is 16.5. The van der Waals surface area contributed by atoms with E-state index in [1.54, 1.807) is 0 Å². The van der Waals surface area contributed by atoms with Crippen molar-refractivity contribution in [2.45, 2.75) is 34.3 Å². The monoisotopic (exact) mass is 242 g/mol. The number of ether oxygens (including phenoxy) is 1. The van der Waals surface area contributed by atoms with Crippen LogP contribution in [0, 0.1) is 13.8 Å². The Morgan fingerprint density at radius 3 is 2.67 bits per heavy atom. The number of aryl methyl sites for hydroxylation is 2. The highest BCUT2D eigenvalue weighted by Gasteiger charge is 2.18. The number of rotatable bonds is 0. The van der Waals surface area contributed by atoms with Crippen molar-refractivity contribution in [2.75, 3.05) is 0 Å². The summed E-state index contributed by atoms with van der Waals surface area (Å²) >= 11 is 0. The normalized spacial score (nSPS) is 11.6. The van der Waals surface area contributed by atoms with Crippen LogP contribution in [0.1, 0.15) is 30.8 Å². The van der Waals surface area contributed by atoms with Gasteiger partial charge in [0.05, 0.1) is 5.56 Å². The molecule has 0 atom stereocenters. The average Bonchev–Trinajstić information content (AvgIpc) is 2.40. The lowest BCUT2D eigenvalue weighted by molar-refractivity contribution is 0.288. The van der Waals surface area contributed by atoms with Gasteiger partial charge >= 0.3 is 0 Å². The van der Waals surface area contributed by atoms with Gasteiger partial charge in [-0.1, -0.05) is 37.6 Å². The third-order valence-electron chi connectivity index (χ3n) is 2.79. The van der Waals surface area contributed by atoms with Crippen LogP contribution in [0.5, 0.6) is 5.88 Å². The molecular weight excluding hydrogens is 224 g/mol. The van der Waals surface area contributed by atoms with Crippen LogP contribution in [0.15, 0.2) is 24.4 Å². The standard InChI is InChI=1S/C13H12N2O.C2H6/c1-8-3-4-11-10(5-8)7-16-13-12(11)6-14-9(2)15-13;1-2/h3-6H,7H2,1-2H3;1-2H3. The van der Waals surface area contributed by atoms with Crippen molar-refractivity contribution >= 4 is 0 Å². The van der Waals surface area contributed by atoms with E-state index in [-0.39, 0.29) is 0 Å². The van der Waals surface area contributed by atoms with Gasteiger partial charge in [0.25, 0.3) is 0 Å². The largest absolute Gasteiger partial charge is 0.472 e. The van der Waals surface area contributed by atoms with E-state index >= 15 is 0 Å². The Kier molecular flexibility index (Phi) is 3.60.